The van der Waals surface area contributed by atoms with Crippen molar-refractivity contribution in [3.05, 3.63) is 18.4 Å². The molecular formula is C6H9NO. The van der Waals surface area contributed by atoms with Crippen LogP contribution in [0.25, 0.3) is 0 Å². The van der Waals surface area contributed by atoms with Crippen molar-refractivity contribution in [2.45, 2.75) is 19.8 Å². The first-order valence-electron chi connectivity index (χ1n) is 2.81. The first-order chi connectivity index (χ1) is 3.93. The molecule has 0 fully saturated rings. The number of nitrogens with zero attached hydrogens (tertiary/aromatic N) is 1. The molecule has 0 radical (unpaired) electrons. The van der Waals surface area contributed by atoms with Gasteiger partial charge in [0.05, 0.1) is 6.20 Å². The summed E-state index contributed by atoms with van der Waals surface area (Å²) in [5.74, 6) is 0.979. The second-order valence-electron chi connectivity index (χ2n) is 1.72. The lowest BCUT2D eigenvalue weighted by Gasteiger charge is -1.84. The Labute approximate surface area is 48.5 Å². The van der Waals surface area contributed by atoms with E-state index in [4.69, 9.17) is 4.42 Å². The molecule has 1 heterocycles. The number of aryl methyl sites for hydroxylation is 1. The molecule has 0 unspecified atom stereocenters. The largest absolute Gasteiger partial charge is 0.449 e. The van der Waals surface area contributed by atoms with E-state index in [9.17, 15) is 0 Å². The fraction of sp³-hybridized carbons (Fsp3) is 0.500. The molecule has 1 aromatic rings. The van der Waals surface area contributed by atoms with Gasteiger partial charge >= 0.3 is 0 Å². The molecule has 0 aliphatic rings. The van der Waals surface area contributed by atoms with Gasteiger partial charge in [-0.25, -0.2) is 4.98 Å². The van der Waals surface area contributed by atoms with Crippen molar-refractivity contribution in [1.29, 1.82) is 0 Å². The van der Waals surface area contributed by atoms with Gasteiger partial charge in [0, 0.05) is 6.42 Å². The first-order valence-corrected chi connectivity index (χ1v) is 2.81. The monoisotopic (exact) mass is 111 g/mol. The Morgan fingerprint density at radius 3 is 3.12 bits per heavy atom. The Balaban J connectivity index is 2.50. The summed E-state index contributed by atoms with van der Waals surface area (Å²) < 4.78 is 4.96. The highest BCUT2D eigenvalue weighted by atomic mass is 16.3. The van der Waals surface area contributed by atoms with Crippen LogP contribution in [0.4, 0.5) is 0 Å². The minimum atomic E-state index is 0.979. The van der Waals surface area contributed by atoms with Crippen molar-refractivity contribution in [2.24, 2.45) is 0 Å². The summed E-state index contributed by atoms with van der Waals surface area (Å²) in [6, 6.07) is 0. The van der Waals surface area contributed by atoms with E-state index >= 15 is 0 Å². The summed E-state index contributed by atoms with van der Waals surface area (Å²) in [4.78, 5) is 3.77. The van der Waals surface area contributed by atoms with Crippen LogP contribution in [-0.4, -0.2) is 4.98 Å². The zero-order valence-corrected chi connectivity index (χ0v) is 4.92. The van der Waals surface area contributed by atoms with Crippen LogP contribution in [0.2, 0.25) is 0 Å². The van der Waals surface area contributed by atoms with E-state index in [1.165, 1.54) is 6.39 Å². The minimum absolute atomic E-state index is 0.979. The molecule has 0 aliphatic carbocycles. The summed E-state index contributed by atoms with van der Waals surface area (Å²) in [6.45, 7) is 2.11. The quantitative estimate of drug-likeness (QED) is 0.579. The third kappa shape index (κ3) is 1.09. The molecule has 0 amide bonds. The van der Waals surface area contributed by atoms with Gasteiger partial charge in [-0.15, -0.1) is 0 Å². The molecule has 1 aromatic heterocycles. The van der Waals surface area contributed by atoms with Gasteiger partial charge in [0.15, 0.2) is 6.39 Å². The summed E-state index contributed by atoms with van der Waals surface area (Å²) in [5, 5.41) is 0. The topological polar surface area (TPSA) is 26.0 Å². The van der Waals surface area contributed by atoms with Crippen LogP contribution in [0, 0.1) is 0 Å². The Hall–Kier alpha value is -0.790. The van der Waals surface area contributed by atoms with E-state index in [1.54, 1.807) is 6.20 Å². The van der Waals surface area contributed by atoms with Crippen molar-refractivity contribution in [1.82, 2.24) is 4.98 Å². The van der Waals surface area contributed by atoms with Crippen LogP contribution < -0.4 is 0 Å². The van der Waals surface area contributed by atoms with E-state index in [2.05, 4.69) is 11.9 Å². The molecule has 2 heteroatoms. The van der Waals surface area contributed by atoms with Gasteiger partial charge < -0.3 is 4.42 Å². The molecule has 0 atom stereocenters. The standard InChI is InChI=1S/C6H9NO/c1-2-3-6-4-7-5-8-6/h4-5H,2-3H2,1H3. The van der Waals surface area contributed by atoms with Crippen LogP contribution in [0.15, 0.2) is 17.0 Å². The lowest BCUT2D eigenvalue weighted by atomic mass is 10.3. The summed E-state index contributed by atoms with van der Waals surface area (Å²) >= 11 is 0. The van der Waals surface area contributed by atoms with Crippen molar-refractivity contribution in [3.63, 3.8) is 0 Å². The molecular weight excluding hydrogens is 102 g/mol. The Kier molecular flexibility index (Phi) is 1.67. The summed E-state index contributed by atoms with van der Waals surface area (Å²) in [7, 11) is 0. The van der Waals surface area contributed by atoms with Crippen molar-refractivity contribution in [3.8, 4) is 0 Å². The number of oxazole rings is 1. The lowest BCUT2D eigenvalue weighted by molar-refractivity contribution is 0.501. The van der Waals surface area contributed by atoms with Crippen LogP contribution in [-0.2, 0) is 6.42 Å². The first kappa shape index (κ1) is 5.35. The number of hydrogen-bond acceptors (Lipinski definition) is 2. The molecule has 0 aliphatic heterocycles. The summed E-state index contributed by atoms with van der Waals surface area (Å²) in [5.41, 5.74) is 0. The molecule has 0 N–H and O–H groups in total. The lowest BCUT2D eigenvalue weighted by Crippen LogP contribution is -1.74. The fourth-order valence-corrected chi connectivity index (χ4v) is 0.612. The van der Waals surface area contributed by atoms with E-state index in [0.29, 0.717) is 0 Å². The Morgan fingerprint density at radius 1 is 1.75 bits per heavy atom. The molecule has 0 saturated heterocycles. The molecule has 0 spiro atoms. The Morgan fingerprint density at radius 2 is 2.62 bits per heavy atom. The predicted octanol–water partition coefficient (Wildman–Crippen LogP) is 1.63. The third-order valence-corrected chi connectivity index (χ3v) is 0.980. The number of hydrogen-bond donors (Lipinski definition) is 0. The van der Waals surface area contributed by atoms with Gasteiger partial charge in [-0.2, -0.15) is 0 Å². The third-order valence-electron chi connectivity index (χ3n) is 0.980. The van der Waals surface area contributed by atoms with Gasteiger partial charge in [-0.05, 0) is 6.42 Å². The van der Waals surface area contributed by atoms with E-state index in [1.807, 2.05) is 0 Å². The fourth-order valence-electron chi connectivity index (χ4n) is 0.612. The van der Waals surface area contributed by atoms with Crippen LogP contribution in [0.3, 0.4) is 0 Å². The minimum Gasteiger partial charge on any atom is -0.449 e. The molecule has 0 bridgehead atoms. The molecule has 44 valence electrons. The van der Waals surface area contributed by atoms with Crippen LogP contribution in [0.1, 0.15) is 19.1 Å². The van der Waals surface area contributed by atoms with Crippen LogP contribution in [0.5, 0.6) is 0 Å². The Bertz CT molecular complexity index is 134. The average molecular weight is 111 g/mol. The van der Waals surface area contributed by atoms with Gasteiger partial charge in [0.2, 0.25) is 0 Å². The van der Waals surface area contributed by atoms with E-state index in [0.717, 1.165) is 18.6 Å². The maximum Gasteiger partial charge on any atom is 0.180 e. The molecule has 8 heavy (non-hydrogen) atoms. The second-order valence-corrected chi connectivity index (χ2v) is 1.72. The number of rotatable bonds is 2. The van der Waals surface area contributed by atoms with E-state index < -0.39 is 0 Å². The van der Waals surface area contributed by atoms with Crippen molar-refractivity contribution in [2.75, 3.05) is 0 Å². The molecule has 0 aromatic carbocycles. The molecule has 2 nitrogen and oxygen atoms in total. The maximum atomic E-state index is 4.96. The van der Waals surface area contributed by atoms with Gasteiger partial charge in [0.25, 0.3) is 0 Å². The molecule has 1 rings (SSSR count). The predicted molar refractivity (Wildman–Crippen MR) is 30.5 cm³/mol. The van der Waals surface area contributed by atoms with Crippen molar-refractivity contribution >= 4 is 0 Å². The van der Waals surface area contributed by atoms with Gasteiger partial charge in [0.1, 0.15) is 5.76 Å². The second kappa shape index (κ2) is 2.50. The van der Waals surface area contributed by atoms with E-state index in [-0.39, 0.29) is 0 Å². The maximum absolute atomic E-state index is 4.96. The zero-order chi connectivity index (χ0) is 5.82. The van der Waals surface area contributed by atoms with Gasteiger partial charge in [-0.1, -0.05) is 6.92 Å². The average Bonchev–Trinajstić information content (AvgIpc) is 2.19. The highest BCUT2D eigenvalue weighted by Gasteiger charge is 1.90. The highest BCUT2D eigenvalue weighted by molar-refractivity contribution is 4.87. The van der Waals surface area contributed by atoms with Crippen LogP contribution >= 0.6 is 0 Å². The molecule has 0 saturated carbocycles. The normalized spacial score (nSPS) is 9.62. The smallest absolute Gasteiger partial charge is 0.180 e. The SMILES string of the molecule is CCCc1cnco1. The summed E-state index contributed by atoms with van der Waals surface area (Å²) in [6.07, 6.45) is 5.34. The van der Waals surface area contributed by atoms with Crippen molar-refractivity contribution < 1.29 is 4.42 Å². The zero-order valence-electron chi connectivity index (χ0n) is 4.92. The van der Waals surface area contributed by atoms with Gasteiger partial charge in [-0.3, -0.25) is 0 Å². The highest BCUT2D eigenvalue weighted by Crippen LogP contribution is 1.98. The number of aromatic nitrogens is 1.